The second kappa shape index (κ2) is 5.78. The molecule has 0 unspecified atom stereocenters. The molecule has 0 aliphatic rings. The van der Waals surface area contributed by atoms with E-state index in [1.54, 1.807) is 12.1 Å². The van der Waals surface area contributed by atoms with Crippen molar-refractivity contribution in [3.63, 3.8) is 0 Å². The van der Waals surface area contributed by atoms with E-state index in [4.69, 9.17) is 23.1 Å². The predicted octanol–water partition coefficient (Wildman–Crippen LogP) is 2.19. The first-order valence-electron chi connectivity index (χ1n) is 3.69. The number of phenols is 1. The number of aromatic hydroxyl groups is 1. The topological polar surface area (TPSA) is 72.3 Å². The maximum absolute atomic E-state index is 9.54. The molecule has 0 aliphatic heterocycles. The van der Waals surface area contributed by atoms with Crippen LogP contribution in [0.5, 0.6) is 5.75 Å². The third kappa shape index (κ3) is 3.00. The Morgan fingerprint density at radius 3 is 2.57 bits per heavy atom. The molecular formula is C8H11BrCl2N2O. The van der Waals surface area contributed by atoms with Crippen molar-refractivity contribution in [3.05, 3.63) is 27.2 Å². The highest BCUT2D eigenvalue weighted by molar-refractivity contribution is 9.10. The van der Waals surface area contributed by atoms with Gasteiger partial charge < -0.3 is 16.6 Å². The lowest BCUT2D eigenvalue weighted by molar-refractivity contribution is 0.462. The lowest BCUT2D eigenvalue weighted by Crippen LogP contribution is -2.20. The summed E-state index contributed by atoms with van der Waals surface area (Å²) in [5.41, 5.74) is 11.6. The van der Waals surface area contributed by atoms with E-state index in [0.29, 0.717) is 5.56 Å². The summed E-state index contributed by atoms with van der Waals surface area (Å²) in [7, 11) is 0. The van der Waals surface area contributed by atoms with Crippen molar-refractivity contribution >= 4 is 39.9 Å². The van der Waals surface area contributed by atoms with Gasteiger partial charge in [-0.3, -0.25) is 0 Å². The Morgan fingerprint density at radius 2 is 2.07 bits per heavy atom. The van der Waals surface area contributed by atoms with Crippen LogP contribution in [0.15, 0.2) is 16.6 Å². The number of halogens is 3. The summed E-state index contributed by atoms with van der Waals surface area (Å²) in [4.78, 5) is 0. The number of nitrogens with two attached hydrogens (primary N) is 2. The van der Waals surface area contributed by atoms with E-state index in [-0.39, 0.29) is 29.7 Å². The molecule has 1 rings (SSSR count). The molecule has 5 N–H and O–H groups in total. The van der Waals surface area contributed by atoms with E-state index >= 15 is 0 Å². The van der Waals surface area contributed by atoms with E-state index < -0.39 is 6.04 Å². The van der Waals surface area contributed by atoms with Crippen molar-refractivity contribution < 1.29 is 5.11 Å². The van der Waals surface area contributed by atoms with Gasteiger partial charge in [-0.25, -0.2) is 0 Å². The molecule has 0 saturated heterocycles. The molecule has 1 aromatic rings. The van der Waals surface area contributed by atoms with Crippen LogP contribution in [0.1, 0.15) is 11.6 Å². The second-order valence-electron chi connectivity index (χ2n) is 2.67. The normalized spacial score (nSPS) is 12.0. The molecule has 0 aromatic heterocycles. The molecule has 0 spiro atoms. The van der Waals surface area contributed by atoms with Crippen molar-refractivity contribution in [2.75, 3.05) is 6.54 Å². The van der Waals surface area contributed by atoms with Crippen LogP contribution in [0.4, 0.5) is 0 Å². The Bertz CT molecular complexity index is 322. The van der Waals surface area contributed by atoms with Crippen LogP contribution in [0.2, 0.25) is 5.02 Å². The Kier molecular flexibility index (Phi) is 5.78. The van der Waals surface area contributed by atoms with E-state index in [1.807, 2.05) is 0 Å². The van der Waals surface area contributed by atoms with Gasteiger partial charge in [-0.2, -0.15) is 0 Å². The Morgan fingerprint density at radius 1 is 1.50 bits per heavy atom. The highest BCUT2D eigenvalue weighted by atomic mass is 79.9. The van der Waals surface area contributed by atoms with Gasteiger partial charge in [-0.1, -0.05) is 27.5 Å². The molecule has 1 atom stereocenters. The Labute approximate surface area is 102 Å². The number of hydrogen-bond donors (Lipinski definition) is 3. The molecule has 0 amide bonds. The van der Waals surface area contributed by atoms with Gasteiger partial charge in [-0.05, 0) is 12.1 Å². The quantitative estimate of drug-likeness (QED) is 0.784. The summed E-state index contributed by atoms with van der Waals surface area (Å²) in [6.45, 7) is 0.264. The largest absolute Gasteiger partial charge is 0.506 e. The van der Waals surface area contributed by atoms with Crippen molar-refractivity contribution in [2.45, 2.75) is 6.04 Å². The summed E-state index contributed by atoms with van der Waals surface area (Å²) in [5, 5.41) is 9.81. The lowest BCUT2D eigenvalue weighted by Gasteiger charge is -2.12. The van der Waals surface area contributed by atoms with Crippen LogP contribution in [0.25, 0.3) is 0 Å². The molecule has 0 radical (unpaired) electrons. The minimum atomic E-state index is -0.394. The van der Waals surface area contributed by atoms with Crippen LogP contribution in [-0.2, 0) is 0 Å². The van der Waals surface area contributed by atoms with E-state index in [1.165, 1.54) is 0 Å². The predicted molar refractivity (Wildman–Crippen MR) is 64.0 cm³/mol. The Hall–Kier alpha value is -0.000000000000000111. The van der Waals surface area contributed by atoms with Crippen molar-refractivity contribution in [1.82, 2.24) is 0 Å². The molecule has 80 valence electrons. The second-order valence-corrected chi connectivity index (χ2v) is 3.99. The molecule has 0 saturated carbocycles. The first kappa shape index (κ1) is 14.0. The van der Waals surface area contributed by atoms with Gasteiger partial charge in [0.15, 0.2) is 0 Å². The minimum Gasteiger partial charge on any atom is -0.506 e. The SMILES string of the molecule is Cl.NC[C@@H](N)c1cc(Br)cc(Cl)c1O. The maximum atomic E-state index is 9.54. The fourth-order valence-electron chi connectivity index (χ4n) is 0.996. The molecule has 0 fully saturated rings. The average Bonchev–Trinajstić information content (AvgIpc) is 2.10. The number of hydrogen-bond acceptors (Lipinski definition) is 3. The zero-order chi connectivity index (χ0) is 10.0. The van der Waals surface area contributed by atoms with Crippen LogP contribution in [-0.4, -0.2) is 11.7 Å². The Balaban J connectivity index is 0.00000169. The third-order valence-corrected chi connectivity index (χ3v) is 2.46. The minimum absolute atomic E-state index is 0. The highest BCUT2D eigenvalue weighted by Gasteiger charge is 2.12. The van der Waals surface area contributed by atoms with Crippen molar-refractivity contribution in [2.24, 2.45) is 11.5 Å². The number of rotatable bonds is 2. The standard InChI is InChI=1S/C8H10BrClN2O.ClH/c9-4-1-5(7(12)3-11)8(13)6(10)2-4;/h1-2,7,13H,3,11-12H2;1H/t7-;/m1./s1. The maximum Gasteiger partial charge on any atom is 0.139 e. The fourth-order valence-corrected chi connectivity index (χ4v) is 1.83. The van der Waals surface area contributed by atoms with Gasteiger partial charge in [0.25, 0.3) is 0 Å². The lowest BCUT2D eigenvalue weighted by atomic mass is 10.1. The smallest absolute Gasteiger partial charge is 0.139 e. The molecule has 0 heterocycles. The molecule has 0 aliphatic carbocycles. The fraction of sp³-hybridized carbons (Fsp3) is 0.250. The van der Waals surface area contributed by atoms with Gasteiger partial charge >= 0.3 is 0 Å². The van der Waals surface area contributed by atoms with Crippen LogP contribution < -0.4 is 11.5 Å². The molecule has 6 heteroatoms. The monoisotopic (exact) mass is 300 g/mol. The molecule has 1 aromatic carbocycles. The van der Waals surface area contributed by atoms with E-state index in [9.17, 15) is 5.11 Å². The summed E-state index contributed by atoms with van der Waals surface area (Å²) >= 11 is 9.00. The average molecular weight is 302 g/mol. The van der Waals surface area contributed by atoms with E-state index in [0.717, 1.165) is 4.47 Å². The molecular weight excluding hydrogens is 291 g/mol. The van der Waals surface area contributed by atoms with Gasteiger partial charge in [0.05, 0.1) is 5.02 Å². The highest BCUT2D eigenvalue weighted by Crippen LogP contribution is 2.33. The zero-order valence-electron chi connectivity index (χ0n) is 7.21. The first-order chi connectivity index (χ1) is 6.06. The molecule has 14 heavy (non-hydrogen) atoms. The van der Waals surface area contributed by atoms with Crippen LogP contribution >= 0.6 is 39.9 Å². The summed E-state index contributed by atoms with van der Waals surface area (Å²) in [6.07, 6.45) is 0. The van der Waals surface area contributed by atoms with Gasteiger partial charge in [0.2, 0.25) is 0 Å². The van der Waals surface area contributed by atoms with Gasteiger partial charge in [-0.15, -0.1) is 12.4 Å². The molecule has 3 nitrogen and oxygen atoms in total. The summed E-state index contributed by atoms with van der Waals surface area (Å²) in [5.74, 6) is 0.00261. The number of phenolic OH excluding ortho intramolecular Hbond substituents is 1. The summed E-state index contributed by atoms with van der Waals surface area (Å²) in [6, 6.07) is 2.91. The van der Waals surface area contributed by atoms with Gasteiger partial charge in [0, 0.05) is 22.6 Å². The number of benzene rings is 1. The zero-order valence-corrected chi connectivity index (χ0v) is 10.4. The molecule has 0 bridgehead atoms. The van der Waals surface area contributed by atoms with Gasteiger partial charge in [0.1, 0.15) is 5.75 Å². The first-order valence-corrected chi connectivity index (χ1v) is 4.87. The summed E-state index contributed by atoms with van der Waals surface area (Å²) < 4.78 is 0.772. The van der Waals surface area contributed by atoms with Crippen LogP contribution in [0, 0.1) is 0 Å². The van der Waals surface area contributed by atoms with Crippen molar-refractivity contribution in [3.8, 4) is 5.75 Å². The van der Waals surface area contributed by atoms with E-state index in [2.05, 4.69) is 15.9 Å². The van der Waals surface area contributed by atoms with Crippen LogP contribution in [0.3, 0.4) is 0 Å². The van der Waals surface area contributed by atoms with Crippen molar-refractivity contribution in [1.29, 1.82) is 0 Å². The third-order valence-electron chi connectivity index (χ3n) is 1.71.